The molecular weight excluding hydrogens is 265 g/mol. The molecule has 2 aromatic rings. The van der Waals surface area contributed by atoms with Crippen LogP contribution in [0.15, 0.2) is 36.4 Å². The summed E-state index contributed by atoms with van der Waals surface area (Å²) in [7, 11) is 0. The van der Waals surface area contributed by atoms with E-state index in [0.717, 1.165) is 22.4 Å². The third-order valence-corrected chi connectivity index (χ3v) is 3.34. The fourth-order valence-corrected chi connectivity index (χ4v) is 2.26. The van der Waals surface area contributed by atoms with Gasteiger partial charge in [0.2, 0.25) is 0 Å². The van der Waals surface area contributed by atoms with Crippen molar-refractivity contribution >= 4 is 0 Å². The molecule has 2 nitrogen and oxygen atoms in total. The highest BCUT2D eigenvalue weighted by atomic mass is 19.1. The van der Waals surface area contributed by atoms with Crippen LogP contribution in [0.3, 0.4) is 0 Å². The highest BCUT2D eigenvalue weighted by Crippen LogP contribution is 2.35. The Morgan fingerprint density at radius 1 is 1.10 bits per heavy atom. The minimum absolute atomic E-state index is 0.0486. The molecule has 112 valence electrons. The van der Waals surface area contributed by atoms with Gasteiger partial charge in [-0.15, -0.1) is 0 Å². The summed E-state index contributed by atoms with van der Waals surface area (Å²) >= 11 is 0. The van der Waals surface area contributed by atoms with Gasteiger partial charge in [-0.2, -0.15) is 0 Å². The molecule has 0 atom stereocenters. The lowest BCUT2D eigenvalue weighted by atomic mass is 9.86. The summed E-state index contributed by atoms with van der Waals surface area (Å²) in [5.74, 6) is 0.903. The molecule has 0 amide bonds. The lowest BCUT2D eigenvalue weighted by Crippen LogP contribution is -2.12. The number of aryl methyl sites for hydroxylation is 1. The smallest absolute Gasteiger partial charge is 0.131 e. The number of benzene rings is 2. The Hall–Kier alpha value is -1.87. The maximum atomic E-state index is 13.6. The molecule has 0 spiro atoms. The molecule has 2 rings (SSSR count). The SMILES string of the molecule is Cc1ccc(C(C)(C)C)c(Oc2cc(F)cc(CN)c2)c1. The molecule has 0 aliphatic carbocycles. The van der Waals surface area contributed by atoms with E-state index in [9.17, 15) is 4.39 Å². The standard InChI is InChI=1S/C18H22FNO/c1-12-5-6-16(18(2,3)4)17(7-12)21-15-9-13(11-20)8-14(19)10-15/h5-10H,11,20H2,1-4H3. The molecule has 0 saturated carbocycles. The van der Waals surface area contributed by atoms with Crippen LogP contribution in [-0.4, -0.2) is 0 Å². The van der Waals surface area contributed by atoms with Crippen molar-refractivity contribution in [3.05, 3.63) is 58.9 Å². The first-order valence-electron chi connectivity index (χ1n) is 7.08. The molecule has 0 aliphatic rings. The monoisotopic (exact) mass is 287 g/mol. The van der Waals surface area contributed by atoms with Gasteiger partial charge in [0.05, 0.1) is 0 Å². The Morgan fingerprint density at radius 2 is 1.81 bits per heavy atom. The summed E-state index contributed by atoms with van der Waals surface area (Å²) in [5.41, 5.74) is 8.45. The van der Waals surface area contributed by atoms with Crippen LogP contribution in [0.2, 0.25) is 0 Å². The van der Waals surface area contributed by atoms with E-state index in [-0.39, 0.29) is 17.8 Å². The van der Waals surface area contributed by atoms with E-state index in [1.807, 2.05) is 13.0 Å². The highest BCUT2D eigenvalue weighted by molar-refractivity contribution is 5.44. The summed E-state index contributed by atoms with van der Waals surface area (Å²) in [4.78, 5) is 0. The maximum Gasteiger partial charge on any atom is 0.131 e. The number of rotatable bonds is 3. The highest BCUT2D eigenvalue weighted by Gasteiger charge is 2.19. The molecule has 3 heteroatoms. The summed E-state index contributed by atoms with van der Waals surface area (Å²) in [5, 5.41) is 0. The zero-order valence-electron chi connectivity index (χ0n) is 13.0. The van der Waals surface area contributed by atoms with Gasteiger partial charge in [-0.05, 0) is 41.7 Å². The maximum absolute atomic E-state index is 13.6. The minimum Gasteiger partial charge on any atom is -0.457 e. The lowest BCUT2D eigenvalue weighted by molar-refractivity contribution is 0.450. The number of hydrogen-bond acceptors (Lipinski definition) is 2. The van der Waals surface area contributed by atoms with Crippen molar-refractivity contribution < 1.29 is 9.13 Å². The first-order chi connectivity index (χ1) is 9.79. The van der Waals surface area contributed by atoms with E-state index in [1.54, 1.807) is 6.07 Å². The van der Waals surface area contributed by atoms with Gasteiger partial charge in [-0.3, -0.25) is 0 Å². The van der Waals surface area contributed by atoms with Crippen molar-refractivity contribution in [3.8, 4) is 11.5 Å². The average Bonchev–Trinajstić information content (AvgIpc) is 2.36. The van der Waals surface area contributed by atoms with Crippen LogP contribution < -0.4 is 10.5 Å². The normalized spacial score (nSPS) is 11.5. The van der Waals surface area contributed by atoms with Crippen LogP contribution in [0.25, 0.3) is 0 Å². The zero-order valence-corrected chi connectivity index (χ0v) is 13.0. The molecule has 0 fully saturated rings. The lowest BCUT2D eigenvalue weighted by Gasteiger charge is -2.23. The van der Waals surface area contributed by atoms with Crippen molar-refractivity contribution in [1.29, 1.82) is 0 Å². The summed E-state index contributed by atoms with van der Waals surface area (Å²) in [6, 6.07) is 10.7. The van der Waals surface area contributed by atoms with Crippen molar-refractivity contribution in [2.45, 2.75) is 39.7 Å². The van der Waals surface area contributed by atoms with E-state index < -0.39 is 0 Å². The fourth-order valence-electron chi connectivity index (χ4n) is 2.26. The molecule has 0 radical (unpaired) electrons. The average molecular weight is 287 g/mol. The zero-order chi connectivity index (χ0) is 15.6. The Morgan fingerprint density at radius 3 is 2.43 bits per heavy atom. The van der Waals surface area contributed by atoms with E-state index in [1.165, 1.54) is 12.1 Å². The van der Waals surface area contributed by atoms with Gasteiger partial charge >= 0.3 is 0 Å². The second kappa shape index (κ2) is 5.86. The Kier molecular flexibility index (Phi) is 4.33. The van der Waals surface area contributed by atoms with Gasteiger partial charge < -0.3 is 10.5 Å². The van der Waals surface area contributed by atoms with Crippen molar-refractivity contribution in [2.75, 3.05) is 0 Å². The van der Waals surface area contributed by atoms with E-state index in [2.05, 4.69) is 32.9 Å². The van der Waals surface area contributed by atoms with Gasteiger partial charge in [0.1, 0.15) is 17.3 Å². The number of hydrogen-bond donors (Lipinski definition) is 1. The summed E-state index contributed by atoms with van der Waals surface area (Å²) < 4.78 is 19.5. The molecule has 0 aliphatic heterocycles. The van der Waals surface area contributed by atoms with E-state index >= 15 is 0 Å². The predicted octanol–water partition coefficient (Wildman–Crippen LogP) is 4.68. The molecule has 0 aromatic heterocycles. The van der Waals surface area contributed by atoms with Crippen LogP contribution >= 0.6 is 0 Å². The van der Waals surface area contributed by atoms with Crippen LogP contribution in [0.1, 0.15) is 37.5 Å². The molecule has 0 heterocycles. The molecule has 0 bridgehead atoms. The number of nitrogens with two attached hydrogens (primary N) is 1. The molecule has 2 aromatic carbocycles. The van der Waals surface area contributed by atoms with E-state index in [0.29, 0.717) is 5.75 Å². The first-order valence-corrected chi connectivity index (χ1v) is 7.08. The van der Waals surface area contributed by atoms with Crippen molar-refractivity contribution in [1.82, 2.24) is 0 Å². The van der Waals surface area contributed by atoms with Crippen molar-refractivity contribution in [3.63, 3.8) is 0 Å². The quantitative estimate of drug-likeness (QED) is 0.889. The molecule has 2 N–H and O–H groups in total. The number of halogens is 1. The Balaban J connectivity index is 2.44. The number of ether oxygens (including phenoxy) is 1. The molecule has 0 unspecified atom stereocenters. The van der Waals surface area contributed by atoms with Gasteiger partial charge in [-0.25, -0.2) is 4.39 Å². The van der Waals surface area contributed by atoms with Crippen LogP contribution in [0, 0.1) is 12.7 Å². The first kappa shape index (κ1) is 15.5. The predicted molar refractivity (Wildman–Crippen MR) is 84.2 cm³/mol. The fraction of sp³-hybridized carbons (Fsp3) is 0.333. The van der Waals surface area contributed by atoms with Gasteiger partial charge in [0.15, 0.2) is 0 Å². The second-order valence-corrected chi connectivity index (χ2v) is 6.35. The van der Waals surface area contributed by atoms with Crippen LogP contribution in [0.4, 0.5) is 4.39 Å². The second-order valence-electron chi connectivity index (χ2n) is 6.35. The van der Waals surface area contributed by atoms with Crippen LogP contribution in [-0.2, 0) is 12.0 Å². The van der Waals surface area contributed by atoms with Gasteiger partial charge in [-0.1, -0.05) is 32.9 Å². The topological polar surface area (TPSA) is 35.2 Å². The van der Waals surface area contributed by atoms with E-state index in [4.69, 9.17) is 10.5 Å². The summed E-state index contributed by atoms with van der Waals surface area (Å²) in [6.45, 7) is 8.68. The largest absolute Gasteiger partial charge is 0.457 e. The third-order valence-electron chi connectivity index (χ3n) is 3.34. The van der Waals surface area contributed by atoms with Gasteiger partial charge in [0, 0.05) is 18.2 Å². The molecular formula is C18H22FNO. The van der Waals surface area contributed by atoms with Crippen molar-refractivity contribution in [2.24, 2.45) is 5.73 Å². The Bertz CT molecular complexity index is 644. The third kappa shape index (κ3) is 3.82. The minimum atomic E-state index is -0.335. The Labute approximate surface area is 125 Å². The molecule has 0 saturated heterocycles. The van der Waals surface area contributed by atoms with Gasteiger partial charge in [0.25, 0.3) is 0 Å². The van der Waals surface area contributed by atoms with Crippen LogP contribution in [0.5, 0.6) is 11.5 Å². The molecule has 21 heavy (non-hydrogen) atoms. The summed E-state index contributed by atoms with van der Waals surface area (Å²) in [6.07, 6.45) is 0.